The van der Waals surface area contributed by atoms with Gasteiger partial charge in [-0.15, -0.1) is 24.8 Å². The maximum atomic E-state index is 12.0. The zero-order valence-electron chi connectivity index (χ0n) is 14.9. The Hall–Kier alpha value is -0.890. The summed E-state index contributed by atoms with van der Waals surface area (Å²) in [5.41, 5.74) is 2.42. The Labute approximate surface area is 167 Å². The van der Waals surface area contributed by atoms with Crippen LogP contribution in [0.2, 0.25) is 0 Å². The van der Waals surface area contributed by atoms with Gasteiger partial charge in [-0.3, -0.25) is 9.69 Å². The van der Waals surface area contributed by atoms with Crippen LogP contribution in [0.5, 0.6) is 0 Å². The normalized spacial score (nSPS) is 20.5. The second-order valence-electron chi connectivity index (χ2n) is 6.38. The maximum Gasteiger partial charge on any atom is 0.222 e. The van der Waals surface area contributed by atoms with Crippen LogP contribution < -0.4 is 10.6 Å². The van der Waals surface area contributed by atoms with Gasteiger partial charge >= 0.3 is 0 Å². The Kier molecular flexibility index (Phi) is 11.1. The van der Waals surface area contributed by atoms with Crippen LogP contribution >= 0.6 is 24.8 Å². The summed E-state index contributed by atoms with van der Waals surface area (Å²) in [4.78, 5) is 14.4. The molecule has 0 aliphatic carbocycles. The van der Waals surface area contributed by atoms with E-state index in [2.05, 4.69) is 39.8 Å². The lowest BCUT2D eigenvalue weighted by molar-refractivity contribution is -0.124. The Bertz CT molecular complexity index is 519. The third kappa shape index (κ3) is 7.78. The minimum atomic E-state index is -0.00496. The highest BCUT2D eigenvalue weighted by atomic mass is 35.5. The van der Waals surface area contributed by atoms with Crippen molar-refractivity contribution >= 4 is 30.7 Å². The molecule has 1 aromatic carbocycles. The number of benzene rings is 1. The number of rotatable bonds is 6. The first-order chi connectivity index (χ1) is 11.8. The summed E-state index contributed by atoms with van der Waals surface area (Å²) in [7, 11) is 0. The van der Waals surface area contributed by atoms with Crippen LogP contribution in [0.3, 0.4) is 0 Å². The lowest BCUT2D eigenvalue weighted by Gasteiger charge is -2.26. The number of ether oxygens (including phenoxy) is 2. The number of carbonyl (C=O) groups is 1. The molecule has 2 aliphatic rings. The molecule has 2 fully saturated rings. The summed E-state index contributed by atoms with van der Waals surface area (Å²) in [6, 6.07) is 8.47. The molecule has 0 spiro atoms. The van der Waals surface area contributed by atoms with Gasteiger partial charge < -0.3 is 20.1 Å². The van der Waals surface area contributed by atoms with Crippen molar-refractivity contribution < 1.29 is 14.3 Å². The number of morpholine rings is 2. The number of nitrogens with one attached hydrogen (secondary N) is 2. The predicted molar refractivity (Wildman–Crippen MR) is 106 cm³/mol. The molecule has 6 nitrogen and oxygen atoms in total. The molecule has 1 amide bonds. The van der Waals surface area contributed by atoms with Crippen LogP contribution in [0.25, 0.3) is 0 Å². The smallest absolute Gasteiger partial charge is 0.222 e. The molecule has 1 atom stereocenters. The molecular weight excluding hydrogens is 377 g/mol. The molecule has 0 saturated carbocycles. The monoisotopic (exact) mass is 405 g/mol. The van der Waals surface area contributed by atoms with Gasteiger partial charge in [0.05, 0.1) is 32.3 Å². The van der Waals surface area contributed by atoms with E-state index in [0.29, 0.717) is 19.6 Å². The number of hydrogen-bond acceptors (Lipinski definition) is 5. The summed E-state index contributed by atoms with van der Waals surface area (Å²) in [6.07, 6.45) is 0.414. The van der Waals surface area contributed by atoms with Crippen LogP contribution in [-0.2, 0) is 27.4 Å². The standard InChI is InChI=1S/C18H27N3O3.2ClH/c22-18(11-17-13-19-5-8-24-17)20-12-15-1-3-16(4-2-15)14-21-6-9-23-10-7-21;;/h1-4,17,19H,5-14H2,(H,20,22);2*1H. The summed E-state index contributed by atoms with van der Waals surface area (Å²) in [5, 5.41) is 6.21. The van der Waals surface area contributed by atoms with E-state index in [1.54, 1.807) is 0 Å². The molecule has 2 N–H and O–H groups in total. The third-order valence-corrected chi connectivity index (χ3v) is 4.44. The number of carbonyl (C=O) groups excluding carboxylic acids is 1. The average molecular weight is 406 g/mol. The molecule has 2 heterocycles. The quantitative estimate of drug-likeness (QED) is 0.747. The first-order valence-electron chi connectivity index (χ1n) is 8.76. The van der Waals surface area contributed by atoms with E-state index in [9.17, 15) is 4.79 Å². The molecule has 0 aromatic heterocycles. The highest BCUT2D eigenvalue weighted by Gasteiger charge is 2.17. The van der Waals surface area contributed by atoms with E-state index in [-0.39, 0.29) is 36.8 Å². The molecule has 26 heavy (non-hydrogen) atoms. The minimum Gasteiger partial charge on any atom is -0.379 e. The van der Waals surface area contributed by atoms with Gasteiger partial charge in [0, 0.05) is 39.3 Å². The Morgan fingerprint density at radius 1 is 1.12 bits per heavy atom. The summed E-state index contributed by atoms with van der Waals surface area (Å²) in [5.74, 6) is 0.0427. The van der Waals surface area contributed by atoms with Crippen molar-refractivity contribution in [1.29, 1.82) is 0 Å². The van der Waals surface area contributed by atoms with Crippen molar-refractivity contribution in [2.45, 2.75) is 25.6 Å². The highest BCUT2D eigenvalue weighted by molar-refractivity contribution is 5.85. The fourth-order valence-corrected chi connectivity index (χ4v) is 3.01. The fourth-order valence-electron chi connectivity index (χ4n) is 3.01. The minimum absolute atomic E-state index is 0. The largest absolute Gasteiger partial charge is 0.379 e. The van der Waals surface area contributed by atoms with E-state index in [1.807, 2.05) is 0 Å². The highest BCUT2D eigenvalue weighted by Crippen LogP contribution is 2.09. The van der Waals surface area contributed by atoms with Gasteiger partial charge in [-0.25, -0.2) is 0 Å². The van der Waals surface area contributed by atoms with Gasteiger partial charge in [-0.05, 0) is 11.1 Å². The molecule has 3 rings (SSSR count). The molecule has 148 valence electrons. The lowest BCUT2D eigenvalue weighted by Crippen LogP contribution is -2.41. The fraction of sp³-hybridized carbons (Fsp3) is 0.611. The first kappa shape index (κ1) is 23.1. The summed E-state index contributed by atoms with van der Waals surface area (Å²) in [6.45, 7) is 7.47. The summed E-state index contributed by atoms with van der Waals surface area (Å²) >= 11 is 0. The van der Waals surface area contributed by atoms with Crippen LogP contribution in [-0.4, -0.2) is 62.9 Å². The lowest BCUT2D eigenvalue weighted by atomic mass is 10.1. The molecule has 1 aromatic rings. The van der Waals surface area contributed by atoms with Gasteiger partial charge in [0.25, 0.3) is 0 Å². The van der Waals surface area contributed by atoms with Crippen molar-refractivity contribution in [2.24, 2.45) is 0 Å². The van der Waals surface area contributed by atoms with E-state index in [0.717, 1.165) is 51.5 Å². The van der Waals surface area contributed by atoms with Crippen LogP contribution in [0.1, 0.15) is 17.5 Å². The Balaban J connectivity index is 0.00000169. The van der Waals surface area contributed by atoms with Crippen LogP contribution in [0, 0.1) is 0 Å². The van der Waals surface area contributed by atoms with Crippen molar-refractivity contribution in [2.75, 3.05) is 46.0 Å². The maximum absolute atomic E-state index is 12.0. The first-order valence-corrected chi connectivity index (χ1v) is 8.76. The molecule has 2 aliphatic heterocycles. The number of nitrogens with zero attached hydrogens (tertiary/aromatic N) is 1. The van der Waals surface area contributed by atoms with E-state index in [4.69, 9.17) is 9.47 Å². The SMILES string of the molecule is Cl.Cl.O=C(CC1CNCCO1)NCc1ccc(CN2CCOCC2)cc1. The Morgan fingerprint density at radius 3 is 2.46 bits per heavy atom. The molecule has 8 heteroatoms. The van der Waals surface area contributed by atoms with Crippen LogP contribution in [0.4, 0.5) is 0 Å². The molecular formula is C18H29Cl2N3O3. The van der Waals surface area contributed by atoms with Gasteiger partial charge in [0.15, 0.2) is 0 Å². The zero-order valence-corrected chi connectivity index (χ0v) is 16.6. The number of halogens is 2. The van der Waals surface area contributed by atoms with E-state index in [1.165, 1.54) is 5.56 Å². The van der Waals surface area contributed by atoms with Crippen molar-refractivity contribution in [3.05, 3.63) is 35.4 Å². The number of hydrogen-bond donors (Lipinski definition) is 2. The topological polar surface area (TPSA) is 62.8 Å². The van der Waals surface area contributed by atoms with E-state index >= 15 is 0 Å². The molecule has 2 saturated heterocycles. The van der Waals surface area contributed by atoms with Gasteiger partial charge in [0.2, 0.25) is 5.91 Å². The van der Waals surface area contributed by atoms with Gasteiger partial charge in [-0.2, -0.15) is 0 Å². The molecule has 1 unspecified atom stereocenters. The average Bonchev–Trinajstić information content (AvgIpc) is 2.63. The molecule has 0 radical (unpaired) electrons. The Morgan fingerprint density at radius 2 is 1.81 bits per heavy atom. The molecule has 0 bridgehead atoms. The van der Waals surface area contributed by atoms with Crippen LogP contribution in [0.15, 0.2) is 24.3 Å². The van der Waals surface area contributed by atoms with Gasteiger partial charge in [-0.1, -0.05) is 24.3 Å². The van der Waals surface area contributed by atoms with E-state index < -0.39 is 0 Å². The van der Waals surface area contributed by atoms with Crippen molar-refractivity contribution in [1.82, 2.24) is 15.5 Å². The van der Waals surface area contributed by atoms with Gasteiger partial charge in [0.1, 0.15) is 0 Å². The third-order valence-electron chi connectivity index (χ3n) is 4.44. The zero-order chi connectivity index (χ0) is 16.6. The second kappa shape index (κ2) is 12.5. The van der Waals surface area contributed by atoms with Crippen molar-refractivity contribution in [3.63, 3.8) is 0 Å². The summed E-state index contributed by atoms with van der Waals surface area (Å²) < 4.78 is 10.9. The second-order valence-corrected chi connectivity index (χ2v) is 6.38. The number of amides is 1. The predicted octanol–water partition coefficient (Wildman–Crippen LogP) is 1.36. The van der Waals surface area contributed by atoms with Crippen molar-refractivity contribution in [3.8, 4) is 0 Å².